The molecular formula is C52H42F2O9. The summed E-state index contributed by atoms with van der Waals surface area (Å²) < 4.78 is 67.1. The van der Waals surface area contributed by atoms with E-state index >= 15 is 4.39 Å². The Hall–Kier alpha value is -7.66. The molecule has 7 aromatic rings. The molecule has 1 fully saturated rings. The zero-order valence-corrected chi connectivity index (χ0v) is 34.5. The van der Waals surface area contributed by atoms with Gasteiger partial charge in [-0.15, -0.1) is 0 Å². The first-order chi connectivity index (χ1) is 30.7. The fourth-order valence-corrected chi connectivity index (χ4v) is 7.84. The van der Waals surface area contributed by atoms with Crippen molar-refractivity contribution in [1.82, 2.24) is 0 Å². The topological polar surface area (TPSA) is 98.8 Å². The molecule has 0 unspecified atom stereocenters. The van der Waals surface area contributed by atoms with Gasteiger partial charge in [0, 0.05) is 11.5 Å². The third-order valence-corrected chi connectivity index (χ3v) is 11.0. The summed E-state index contributed by atoms with van der Waals surface area (Å²) >= 11 is 0. The summed E-state index contributed by atoms with van der Waals surface area (Å²) in [5.74, 6) is 1.65. The van der Waals surface area contributed by atoms with E-state index in [9.17, 15) is 14.0 Å². The van der Waals surface area contributed by atoms with E-state index in [1.54, 1.807) is 91.0 Å². The van der Waals surface area contributed by atoms with Crippen molar-refractivity contribution in [2.75, 3.05) is 14.2 Å². The van der Waals surface area contributed by atoms with E-state index in [0.717, 1.165) is 59.9 Å². The zero-order chi connectivity index (χ0) is 43.8. The summed E-state index contributed by atoms with van der Waals surface area (Å²) in [6.07, 6.45) is 3.27. The molecule has 0 aliphatic heterocycles. The second-order valence-electron chi connectivity index (χ2n) is 14.9. The van der Waals surface area contributed by atoms with Gasteiger partial charge in [-0.2, -0.15) is 0 Å². The van der Waals surface area contributed by atoms with Crippen molar-refractivity contribution in [2.45, 2.75) is 37.5 Å². The molecule has 7 aromatic carbocycles. The predicted octanol–water partition coefficient (Wildman–Crippen LogP) is 13.9. The van der Waals surface area contributed by atoms with Crippen molar-refractivity contribution in [3.05, 3.63) is 180 Å². The number of benzene rings is 7. The summed E-state index contributed by atoms with van der Waals surface area (Å²) in [4.78, 5) is 24.3. The van der Waals surface area contributed by atoms with Crippen LogP contribution in [-0.2, 0) is 10.2 Å². The van der Waals surface area contributed by atoms with Gasteiger partial charge in [0.2, 0.25) is 0 Å². The van der Waals surface area contributed by atoms with Crippen LogP contribution in [0.4, 0.5) is 18.4 Å². The van der Waals surface area contributed by atoms with E-state index in [1.807, 2.05) is 48.5 Å². The molecular weight excluding hydrogens is 807 g/mol. The second-order valence-corrected chi connectivity index (χ2v) is 14.9. The van der Waals surface area contributed by atoms with E-state index < -0.39 is 23.9 Å². The Morgan fingerprint density at radius 1 is 0.444 bits per heavy atom. The number of halogens is 2. The highest BCUT2D eigenvalue weighted by Gasteiger charge is 2.36. The van der Waals surface area contributed by atoms with E-state index in [0.29, 0.717) is 34.3 Å². The lowest BCUT2D eigenvalue weighted by atomic mass is 9.65. The van der Waals surface area contributed by atoms with Crippen LogP contribution >= 0.6 is 0 Å². The Morgan fingerprint density at radius 2 is 0.889 bits per heavy atom. The molecule has 11 heteroatoms. The molecule has 63 heavy (non-hydrogen) atoms. The maximum absolute atomic E-state index is 15.3. The fourth-order valence-electron chi connectivity index (χ4n) is 7.84. The Morgan fingerprint density at radius 3 is 1.35 bits per heavy atom. The molecule has 1 saturated carbocycles. The van der Waals surface area contributed by atoms with Crippen LogP contribution in [0.25, 0.3) is 22.3 Å². The van der Waals surface area contributed by atoms with Crippen LogP contribution in [0, 0.1) is 11.6 Å². The summed E-state index contributed by atoms with van der Waals surface area (Å²) in [6, 6.07) is 45.5. The number of ether oxygens (including phenoxy) is 7. The minimum atomic E-state index is -1.07. The van der Waals surface area contributed by atoms with Gasteiger partial charge in [0.15, 0.2) is 23.1 Å². The van der Waals surface area contributed by atoms with E-state index in [2.05, 4.69) is 4.74 Å². The van der Waals surface area contributed by atoms with Crippen LogP contribution in [0.1, 0.15) is 43.2 Å². The molecule has 0 spiro atoms. The van der Waals surface area contributed by atoms with Gasteiger partial charge in [-0.1, -0.05) is 86.0 Å². The quantitative estimate of drug-likeness (QED) is 0.0879. The summed E-state index contributed by atoms with van der Waals surface area (Å²) in [7, 11) is 2.69. The molecule has 1 aliphatic rings. The first-order valence-corrected chi connectivity index (χ1v) is 20.3. The van der Waals surface area contributed by atoms with Crippen molar-refractivity contribution >= 4 is 12.3 Å². The van der Waals surface area contributed by atoms with Gasteiger partial charge in [0.05, 0.1) is 14.2 Å². The lowest BCUT2D eigenvalue weighted by Crippen LogP contribution is -2.30. The smallest absolute Gasteiger partial charge is 0.494 e. The molecule has 318 valence electrons. The second kappa shape index (κ2) is 18.9. The molecule has 0 saturated heterocycles. The molecule has 0 atom stereocenters. The van der Waals surface area contributed by atoms with Gasteiger partial charge in [0.1, 0.15) is 34.5 Å². The van der Waals surface area contributed by atoms with Crippen LogP contribution in [0.2, 0.25) is 0 Å². The Labute approximate surface area is 363 Å². The van der Waals surface area contributed by atoms with Crippen LogP contribution in [0.3, 0.4) is 0 Å². The third kappa shape index (κ3) is 9.95. The van der Waals surface area contributed by atoms with E-state index in [-0.39, 0.29) is 22.7 Å². The SMILES string of the molecule is COC(=O)Oc1ccc(C2(c3ccc(OC(=O)Oc4ccc(-c5ccc(Oc6cccc(Oc7ccc(-c8ccc(OC)c(F)c8)cc7)c6)cc5)cc4F)cc3)CCCCC2)cc1. The highest BCUT2D eigenvalue weighted by molar-refractivity contribution is 5.70. The maximum atomic E-state index is 15.3. The van der Waals surface area contributed by atoms with Gasteiger partial charge in [-0.25, -0.2) is 18.4 Å². The van der Waals surface area contributed by atoms with Crippen molar-refractivity contribution < 1.29 is 51.5 Å². The normalized spacial score (nSPS) is 13.0. The number of hydrogen-bond acceptors (Lipinski definition) is 9. The van der Waals surface area contributed by atoms with Gasteiger partial charge in [-0.3, -0.25) is 0 Å². The lowest BCUT2D eigenvalue weighted by Gasteiger charge is -2.38. The molecule has 0 N–H and O–H groups in total. The van der Waals surface area contributed by atoms with E-state index in [4.69, 9.17) is 28.4 Å². The van der Waals surface area contributed by atoms with Crippen LogP contribution in [-0.4, -0.2) is 26.5 Å². The summed E-state index contributed by atoms with van der Waals surface area (Å²) in [6.45, 7) is 0. The Balaban J connectivity index is 0.856. The standard InChI is InChI=1S/C52H42F2O9/c1-57-48-27-13-36(31-46(48)53)34-9-19-40(20-10-34)59-44-7-6-8-45(33-44)60-41-21-11-35(12-22-41)37-14-28-49(47(54)32-37)63-51(56)62-43-25-17-39(18-26-43)52(29-4-3-5-30-52)38-15-23-42(24-16-38)61-50(55)58-2/h6-28,31-33H,3-5,29-30H2,1-2H3. The predicted molar refractivity (Wildman–Crippen MR) is 233 cm³/mol. The highest BCUT2D eigenvalue weighted by Crippen LogP contribution is 2.46. The number of hydrogen-bond donors (Lipinski definition) is 0. The minimum absolute atomic E-state index is 0.187. The van der Waals surface area contributed by atoms with Crippen LogP contribution < -0.4 is 28.4 Å². The molecule has 0 heterocycles. The minimum Gasteiger partial charge on any atom is -0.494 e. The molecule has 9 nitrogen and oxygen atoms in total. The number of rotatable bonds is 12. The lowest BCUT2D eigenvalue weighted by molar-refractivity contribution is 0.121. The molecule has 0 amide bonds. The van der Waals surface area contributed by atoms with Gasteiger partial charge in [-0.05, 0) is 131 Å². The van der Waals surface area contributed by atoms with Crippen LogP contribution in [0.5, 0.6) is 46.0 Å². The molecule has 0 bridgehead atoms. The molecule has 8 rings (SSSR count). The first kappa shape index (κ1) is 42.0. The van der Waals surface area contributed by atoms with Crippen molar-refractivity contribution in [3.8, 4) is 68.2 Å². The first-order valence-electron chi connectivity index (χ1n) is 20.3. The van der Waals surface area contributed by atoms with Crippen LogP contribution in [0.15, 0.2) is 158 Å². The van der Waals surface area contributed by atoms with Gasteiger partial charge < -0.3 is 33.2 Å². The van der Waals surface area contributed by atoms with Gasteiger partial charge >= 0.3 is 12.3 Å². The average molecular weight is 849 g/mol. The fraction of sp³-hybridized carbons (Fsp3) is 0.154. The molecule has 0 aromatic heterocycles. The number of methoxy groups -OCH3 is 2. The number of carbonyl (C=O) groups excluding carboxylic acids is 2. The monoisotopic (exact) mass is 848 g/mol. The largest absolute Gasteiger partial charge is 0.519 e. The van der Waals surface area contributed by atoms with Crippen molar-refractivity contribution in [1.29, 1.82) is 0 Å². The van der Waals surface area contributed by atoms with Gasteiger partial charge in [0.25, 0.3) is 0 Å². The summed E-state index contributed by atoms with van der Waals surface area (Å²) in [5, 5.41) is 0. The summed E-state index contributed by atoms with van der Waals surface area (Å²) in [5.41, 5.74) is 4.73. The molecule has 1 aliphatic carbocycles. The Kier molecular flexibility index (Phi) is 12.6. The third-order valence-electron chi connectivity index (χ3n) is 11.0. The number of carbonyl (C=O) groups is 2. The maximum Gasteiger partial charge on any atom is 0.519 e. The Bertz CT molecular complexity index is 2690. The zero-order valence-electron chi connectivity index (χ0n) is 34.5. The average Bonchev–Trinajstić information content (AvgIpc) is 3.31. The van der Waals surface area contributed by atoms with Crippen molar-refractivity contribution in [2.24, 2.45) is 0 Å². The molecule has 0 radical (unpaired) electrons. The van der Waals surface area contributed by atoms with Crippen molar-refractivity contribution in [3.63, 3.8) is 0 Å². The highest BCUT2D eigenvalue weighted by atomic mass is 19.1. The van der Waals surface area contributed by atoms with E-state index in [1.165, 1.54) is 32.4 Å².